The van der Waals surface area contributed by atoms with Crippen molar-refractivity contribution in [1.29, 1.82) is 0 Å². The van der Waals surface area contributed by atoms with E-state index in [1.807, 2.05) is 18.2 Å². The van der Waals surface area contributed by atoms with Crippen LogP contribution in [0, 0.1) is 0 Å². The lowest BCUT2D eigenvalue weighted by molar-refractivity contribution is 0.0957. The van der Waals surface area contributed by atoms with Crippen LogP contribution in [-0.4, -0.2) is 32.8 Å². The summed E-state index contributed by atoms with van der Waals surface area (Å²) in [5.74, 6) is 1.10. The Hall–Kier alpha value is -2.54. The fourth-order valence-corrected chi connectivity index (χ4v) is 3.34. The molecule has 2 bridgehead atoms. The molecule has 1 aromatic carbocycles. The fraction of sp³-hybridized carbons (Fsp3) is 0.188. The van der Waals surface area contributed by atoms with E-state index in [2.05, 4.69) is 21.5 Å². The number of rotatable bonds is 0. The normalized spacial score (nSPS) is 15.0. The van der Waals surface area contributed by atoms with Crippen LogP contribution in [-0.2, 0) is 6.61 Å². The average molecular weight is 326 g/mol. The van der Waals surface area contributed by atoms with Crippen molar-refractivity contribution in [2.45, 2.75) is 11.5 Å². The van der Waals surface area contributed by atoms with Gasteiger partial charge in [0.2, 0.25) is 5.88 Å². The van der Waals surface area contributed by atoms with E-state index in [-0.39, 0.29) is 5.91 Å². The Morgan fingerprint density at radius 1 is 1.26 bits per heavy atom. The van der Waals surface area contributed by atoms with Gasteiger partial charge in [-0.15, -0.1) is 11.8 Å². The molecule has 3 heterocycles. The number of carbonyl (C=O) groups is 1. The molecule has 0 radical (unpaired) electrons. The summed E-state index contributed by atoms with van der Waals surface area (Å²) in [6.45, 7) is 1.02. The van der Waals surface area contributed by atoms with Gasteiger partial charge in [-0.1, -0.05) is 18.2 Å². The minimum absolute atomic E-state index is 0.169. The number of hydrogen-bond acceptors (Lipinski definition) is 5. The Labute approximate surface area is 136 Å². The monoisotopic (exact) mass is 326 g/mol. The molecule has 116 valence electrons. The van der Waals surface area contributed by atoms with Crippen LogP contribution in [0.3, 0.4) is 0 Å². The van der Waals surface area contributed by atoms with E-state index in [4.69, 9.17) is 4.74 Å². The molecule has 0 fully saturated rings. The number of amides is 1. The SMILES string of the molecule is O=C1NCCSc2ccccc2COc2ccn3ncc1c3n2. The summed E-state index contributed by atoms with van der Waals surface area (Å²) >= 11 is 1.70. The van der Waals surface area contributed by atoms with E-state index in [0.29, 0.717) is 30.2 Å². The van der Waals surface area contributed by atoms with Crippen molar-refractivity contribution in [3.8, 4) is 5.88 Å². The first-order valence-electron chi connectivity index (χ1n) is 7.27. The molecule has 0 saturated heterocycles. The van der Waals surface area contributed by atoms with Gasteiger partial charge in [-0.25, -0.2) is 4.52 Å². The van der Waals surface area contributed by atoms with E-state index in [1.165, 1.54) is 6.20 Å². The highest BCUT2D eigenvalue weighted by Gasteiger charge is 2.15. The molecule has 0 aliphatic carbocycles. The van der Waals surface area contributed by atoms with Crippen molar-refractivity contribution in [3.05, 3.63) is 53.9 Å². The zero-order valence-electron chi connectivity index (χ0n) is 12.2. The molecule has 1 aliphatic rings. The Morgan fingerprint density at radius 2 is 2.17 bits per heavy atom. The van der Waals surface area contributed by atoms with Crippen molar-refractivity contribution in [2.75, 3.05) is 12.3 Å². The maximum atomic E-state index is 12.3. The molecule has 23 heavy (non-hydrogen) atoms. The molecule has 0 spiro atoms. The summed E-state index contributed by atoms with van der Waals surface area (Å²) < 4.78 is 7.39. The molecule has 0 unspecified atom stereocenters. The van der Waals surface area contributed by atoms with Gasteiger partial charge in [0.25, 0.3) is 5.91 Å². The lowest BCUT2D eigenvalue weighted by Crippen LogP contribution is -2.25. The van der Waals surface area contributed by atoms with Crippen LogP contribution in [0.25, 0.3) is 5.65 Å². The second-order valence-corrected chi connectivity index (χ2v) is 6.23. The van der Waals surface area contributed by atoms with E-state index < -0.39 is 0 Å². The summed E-state index contributed by atoms with van der Waals surface area (Å²) in [7, 11) is 0. The Kier molecular flexibility index (Phi) is 3.63. The smallest absolute Gasteiger partial charge is 0.256 e. The molecule has 0 saturated carbocycles. The van der Waals surface area contributed by atoms with Crippen molar-refractivity contribution in [1.82, 2.24) is 19.9 Å². The summed E-state index contributed by atoms with van der Waals surface area (Å²) in [6.07, 6.45) is 3.28. The molecule has 7 heteroatoms. The lowest BCUT2D eigenvalue weighted by Gasteiger charge is -2.10. The van der Waals surface area contributed by atoms with Gasteiger partial charge in [-0.05, 0) is 6.07 Å². The minimum Gasteiger partial charge on any atom is -0.473 e. The molecule has 1 N–H and O–H groups in total. The third kappa shape index (κ3) is 2.75. The first-order valence-corrected chi connectivity index (χ1v) is 8.26. The van der Waals surface area contributed by atoms with E-state index in [9.17, 15) is 4.79 Å². The summed E-state index contributed by atoms with van der Waals surface area (Å²) in [5, 5.41) is 7.06. The third-order valence-electron chi connectivity index (χ3n) is 3.58. The highest BCUT2D eigenvalue weighted by atomic mass is 32.2. The Balaban J connectivity index is 1.75. The fourth-order valence-electron chi connectivity index (χ4n) is 2.43. The lowest BCUT2D eigenvalue weighted by atomic mass is 10.2. The van der Waals surface area contributed by atoms with Crippen molar-refractivity contribution < 1.29 is 9.53 Å². The number of fused-ring (bicyclic) bond motifs is 2. The predicted molar refractivity (Wildman–Crippen MR) is 86.8 cm³/mol. The number of hydrogen-bond donors (Lipinski definition) is 1. The van der Waals surface area contributed by atoms with Crippen LogP contribution in [0.5, 0.6) is 5.88 Å². The van der Waals surface area contributed by atoms with Crippen LogP contribution in [0.2, 0.25) is 0 Å². The number of nitrogens with one attached hydrogen (secondary N) is 1. The molecule has 3 aromatic rings. The van der Waals surface area contributed by atoms with E-state index in [1.54, 1.807) is 28.5 Å². The second-order valence-electron chi connectivity index (χ2n) is 5.09. The van der Waals surface area contributed by atoms with Gasteiger partial charge in [0.05, 0.1) is 6.20 Å². The quantitative estimate of drug-likeness (QED) is 0.685. The van der Waals surface area contributed by atoms with Crippen LogP contribution >= 0.6 is 11.8 Å². The molecular weight excluding hydrogens is 312 g/mol. The van der Waals surface area contributed by atoms with Crippen molar-refractivity contribution in [2.24, 2.45) is 0 Å². The summed E-state index contributed by atoms with van der Waals surface area (Å²) in [5.41, 5.74) is 2.07. The molecule has 0 atom stereocenters. The zero-order chi connectivity index (χ0) is 15.6. The van der Waals surface area contributed by atoms with Gasteiger partial charge in [0, 0.05) is 35.0 Å². The predicted octanol–water partition coefficient (Wildman–Crippen LogP) is 2.14. The third-order valence-corrected chi connectivity index (χ3v) is 4.70. The van der Waals surface area contributed by atoms with Gasteiger partial charge in [-0.3, -0.25) is 4.79 Å². The molecule has 6 nitrogen and oxygen atoms in total. The van der Waals surface area contributed by atoms with Crippen LogP contribution in [0.4, 0.5) is 0 Å². The van der Waals surface area contributed by atoms with E-state index in [0.717, 1.165) is 16.2 Å². The summed E-state index contributed by atoms with van der Waals surface area (Å²) in [6, 6.07) is 9.86. The number of benzene rings is 1. The van der Waals surface area contributed by atoms with Gasteiger partial charge in [0.1, 0.15) is 12.2 Å². The van der Waals surface area contributed by atoms with Crippen LogP contribution in [0.15, 0.2) is 47.6 Å². The van der Waals surface area contributed by atoms with Crippen LogP contribution < -0.4 is 10.1 Å². The number of nitrogens with zero attached hydrogens (tertiary/aromatic N) is 3. The minimum atomic E-state index is -0.169. The van der Waals surface area contributed by atoms with Crippen LogP contribution in [0.1, 0.15) is 15.9 Å². The van der Waals surface area contributed by atoms with Gasteiger partial charge in [-0.2, -0.15) is 10.1 Å². The molecule has 1 aliphatic heterocycles. The first-order chi connectivity index (χ1) is 11.3. The van der Waals surface area contributed by atoms with Gasteiger partial charge < -0.3 is 10.1 Å². The van der Waals surface area contributed by atoms with Crippen molar-refractivity contribution in [3.63, 3.8) is 0 Å². The Morgan fingerprint density at radius 3 is 3.13 bits per heavy atom. The standard InChI is InChI=1S/C16H14N4O2S/c21-16-12-9-18-20-7-5-14(19-15(12)20)22-10-11-3-1-2-4-13(11)23-8-6-17-16/h1-5,7,9H,6,8,10H2,(H,17,21). The van der Waals surface area contributed by atoms with Gasteiger partial charge in [0.15, 0.2) is 5.65 Å². The van der Waals surface area contributed by atoms with Crippen molar-refractivity contribution >= 4 is 23.3 Å². The number of thioether (sulfide) groups is 1. The number of aromatic nitrogens is 3. The highest BCUT2D eigenvalue weighted by Crippen LogP contribution is 2.24. The zero-order valence-corrected chi connectivity index (χ0v) is 13.0. The topological polar surface area (TPSA) is 68.5 Å². The molecule has 2 aromatic heterocycles. The number of ether oxygens (including phenoxy) is 1. The van der Waals surface area contributed by atoms with Gasteiger partial charge >= 0.3 is 0 Å². The summed E-state index contributed by atoms with van der Waals surface area (Å²) in [4.78, 5) is 17.9. The van der Waals surface area contributed by atoms with E-state index >= 15 is 0 Å². The molecule has 1 amide bonds. The largest absolute Gasteiger partial charge is 0.473 e. The number of carbonyl (C=O) groups excluding carboxylic acids is 1. The molecular formula is C16H14N4O2S. The maximum Gasteiger partial charge on any atom is 0.256 e. The average Bonchev–Trinajstić information content (AvgIpc) is 3.00. The maximum absolute atomic E-state index is 12.3. The highest BCUT2D eigenvalue weighted by molar-refractivity contribution is 7.99. The molecule has 4 rings (SSSR count). The first kappa shape index (κ1) is 14.1. The Bertz CT molecular complexity index is 877. The second kappa shape index (κ2) is 5.92.